The fraction of sp³-hybridized carbons (Fsp3) is 0.639. The molecule has 0 aromatic carbocycles. The number of alkyl halides is 2. The van der Waals surface area contributed by atoms with Crippen molar-refractivity contribution < 1.29 is 38.1 Å². The molecule has 4 heterocycles. The van der Waals surface area contributed by atoms with Crippen molar-refractivity contribution in [2.45, 2.75) is 114 Å². The SMILES string of the molecule is C/C(=C\C=C\C(C)c1cccnc1)[C@H]1OC(=O)C[C@H](O)CC[C@@](C)(O)[C@@H](OC(=O)N2CCC(N3CCC(F)(F)CC3)CC2)/C=C\[C@@H]1C. The molecule has 3 aliphatic rings. The summed E-state index contributed by atoms with van der Waals surface area (Å²) in [7, 11) is 0. The molecule has 9 nitrogen and oxygen atoms in total. The van der Waals surface area contributed by atoms with Gasteiger partial charge >= 0.3 is 12.1 Å². The zero-order chi connectivity index (χ0) is 34.2. The Hall–Kier alpha value is -3.15. The first kappa shape index (κ1) is 36.7. The molecule has 1 amide bonds. The van der Waals surface area contributed by atoms with E-state index in [2.05, 4.69) is 16.8 Å². The van der Waals surface area contributed by atoms with Crippen LogP contribution in [0.1, 0.15) is 84.1 Å². The molecule has 4 rings (SSSR count). The van der Waals surface area contributed by atoms with E-state index < -0.39 is 41.9 Å². The number of rotatable bonds is 6. The van der Waals surface area contributed by atoms with Crippen LogP contribution in [0.15, 0.2) is 60.5 Å². The third kappa shape index (κ3) is 10.7. The van der Waals surface area contributed by atoms with Crippen LogP contribution < -0.4 is 0 Å². The lowest BCUT2D eigenvalue weighted by atomic mass is 9.88. The third-order valence-electron chi connectivity index (χ3n) is 9.74. The number of ether oxygens (including phenoxy) is 2. The van der Waals surface area contributed by atoms with Crippen LogP contribution in [-0.4, -0.2) is 99.1 Å². The second-order valence-electron chi connectivity index (χ2n) is 13.7. The lowest BCUT2D eigenvalue weighted by molar-refractivity contribution is -0.151. The van der Waals surface area contributed by atoms with E-state index in [4.69, 9.17) is 9.47 Å². The predicted octanol–water partition coefficient (Wildman–Crippen LogP) is 5.79. The number of carbonyl (C=O) groups is 2. The Labute approximate surface area is 277 Å². The number of piperidine rings is 2. The Balaban J connectivity index is 1.44. The Morgan fingerprint density at radius 1 is 1.15 bits per heavy atom. The van der Waals surface area contributed by atoms with Gasteiger partial charge in [-0.1, -0.05) is 44.2 Å². The fourth-order valence-corrected chi connectivity index (χ4v) is 6.49. The number of cyclic esters (lactones) is 1. The van der Waals surface area contributed by atoms with Crippen LogP contribution in [0.25, 0.3) is 0 Å². The van der Waals surface area contributed by atoms with Gasteiger partial charge in [0.05, 0.1) is 12.5 Å². The van der Waals surface area contributed by atoms with Crippen molar-refractivity contribution in [2.24, 2.45) is 5.92 Å². The van der Waals surface area contributed by atoms with Crippen molar-refractivity contribution in [1.82, 2.24) is 14.8 Å². The number of aliphatic hydroxyl groups is 2. The summed E-state index contributed by atoms with van der Waals surface area (Å²) in [5.74, 6) is -3.35. The van der Waals surface area contributed by atoms with Crippen molar-refractivity contribution in [3.05, 3.63) is 66.0 Å². The summed E-state index contributed by atoms with van der Waals surface area (Å²) >= 11 is 0. The van der Waals surface area contributed by atoms with Crippen molar-refractivity contribution in [1.29, 1.82) is 0 Å². The molecule has 11 heteroatoms. The maximum atomic E-state index is 13.6. The number of carbonyl (C=O) groups excluding carboxylic acids is 2. The molecule has 0 saturated carbocycles. The molecule has 6 atom stereocenters. The van der Waals surface area contributed by atoms with E-state index in [1.807, 2.05) is 50.4 Å². The zero-order valence-corrected chi connectivity index (χ0v) is 28.1. The predicted molar refractivity (Wildman–Crippen MR) is 175 cm³/mol. The van der Waals surface area contributed by atoms with Gasteiger partial charge in [0.1, 0.15) is 11.7 Å². The van der Waals surface area contributed by atoms with Crippen molar-refractivity contribution in [3.63, 3.8) is 0 Å². The molecular formula is C36H51F2N3O6. The highest BCUT2D eigenvalue weighted by molar-refractivity contribution is 5.70. The van der Waals surface area contributed by atoms with Gasteiger partial charge in [-0.25, -0.2) is 13.6 Å². The van der Waals surface area contributed by atoms with E-state index >= 15 is 0 Å². The molecule has 0 radical (unpaired) electrons. The summed E-state index contributed by atoms with van der Waals surface area (Å²) < 4.78 is 39.0. The minimum atomic E-state index is -2.60. The molecule has 2 saturated heterocycles. The first-order valence-corrected chi connectivity index (χ1v) is 16.8. The molecule has 2 fully saturated rings. The van der Waals surface area contributed by atoms with Crippen LogP contribution in [-0.2, 0) is 14.3 Å². The van der Waals surface area contributed by atoms with Crippen LogP contribution in [0.3, 0.4) is 0 Å². The highest BCUT2D eigenvalue weighted by Gasteiger charge is 2.39. The number of halogens is 2. The van der Waals surface area contributed by atoms with Crippen molar-refractivity contribution >= 4 is 12.1 Å². The normalized spacial score (nSPS) is 31.8. The molecule has 1 aromatic heterocycles. The zero-order valence-electron chi connectivity index (χ0n) is 28.1. The number of hydrogen-bond donors (Lipinski definition) is 2. The van der Waals surface area contributed by atoms with Gasteiger partial charge in [0, 0.05) is 69.3 Å². The standard InChI is InChI=1S/C36H51F2N3O6/c1-25(28-9-6-18-39-24-28)7-5-8-26(2)33-27(3)10-11-31(35(4,45)15-12-30(42)23-32(43)47-33)46-34(44)41-19-13-29(14-20-41)40-21-16-36(37,38)17-22-40/h5-11,18,24-25,27,29-31,33,42,45H,12-17,19-23H2,1-4H3/b7-5+,11-10-,26-8+/t25?,27-,30+,31-,33+,35+/m0/s1. The molecule has 0 bridgehead atoms. The minimum Gasteiger partial charge on any atom is -0.457 e. The number of allylic oxidation sites excluding steroid dienone is 3. The molecule has 0 aliphatic carbocycles. The van der Waals surface area contributed by atoms with Crippen molar-refractivity contribution in [3.8, 4) is 0 Å². The van der Waals surface area contributed by atoms with Gasteiger partial charge < -0.3 is 24.6 Å². The molecule has 0 spiro atoms. The molecule has 3 aliphatic heterocycles. The van der Waals surface area contributed by atoms with E-state index in [0.29, 0.717) is 39.0 Å². The van der Waals surface area contributed by atoms with Crippen molar-refractivity contribution in [2.75, 3.05) is 26.2 Å². The number of likely N-dealkylation sites (tertiary alicyclic amines) is 2. The Morgan fingerprint density at radius 2 is 1.85 bits per heavy atom. The minimum absolute atomic E-state index is 0.0854. The van der Waals surface area contributed by atoms with E-state index in [0.717, 1.165) is 11.1 Å². The topological polar surface area (TPSA) is 112 Å². The first-order chi connectivity index (χ1) is 22.2. The van der Waals surface area contributed by atoms with Crippen LogP contribution in [0.5, 0.6) is 0 Å². The monoisotopic (exact) mass is 659 g/mol. The lowest BCUT2D eigenvalue weighted by Crippen LogP contribution is -2.51. The van der Waals surface area contributed by atoms with Crippen LogP contribution >= 0.6 is 0 Å². The van der Waals surface area contributed by atoms with Gasteiger partial charge in [0.2, 0.25) is 0 Å². The maximum absolute atomic E-state index is 13.6. The Bertz CT molecular complexity index is 1270. The summed E-state index contributed by atoms with van der Waals surface area (Å²) in [5, 5.41) is 22.1. The van der Waals surface area contributed by atoms with E-state index in [1.165, 1.54) is 0 Å². The molecule has 2 N–H and O–H groups in total. The largest absolute Gasteiger partial charge is 0.457 e. The van der Waals surface area contributed by atoms with Crippen LogP contribution in [0.2, 0.25) is 0 Å². The number of nitrogens with zero attached hydrogens (tertiary/aromatic N) is 3. The summed E-state index contributed by atoms with van der Waals surface area (Å²) in [4.78, 5) is 34.0. The third-order valence-corrected chi connectivity index (χ3v) is 9.74. The quantitative estimate of drug-likeness (QED) is 0.224. The summed E-state index contributed by atoms with van der Waals surface area (Å²) in [6.07, 6.45) is 10.6. The number of pyridine rings is 1. The summed E-state index contributed by atoms with van der Waals surface area (Å²) in [5.41, 5.74) is 0.347. The van der Waals surface area contributed by atoms with E-state index in [9.17, 15) is 28.6 Å². The molecular weight excluding hydrogens is 608 g/mol. The average molecular weight is 660 g/mol. The summed E-state index contributed by atoms with van der Waals surface area (Å²) in [6, 6.07) is 4.04. The van der Waals surface area contributed by atoms with Gasteiger partial charge in [-0.2, -0.15) is 0 Å². The van der Waals surface area contributed by atoms with E-state index in [1.54, 1.807) is 30.2 Å². The number of esters is 1. The highest BCUT2D eigenvalue weighted by atomic mass is 19.3. The number of aromatic nitrogens is 1. The van der Waals surface area contributed by atoms with Gasteiger partial charge in [-0.05, 0) is 62.8 Å². The average Bonchev–Trinajstić information content (AvgIpc) is 3.04. The molecule has 260 valence electrons. The van der Waals surface area contributed by atoms with Gasteiger partial charge in [0.15, 0.2) is 6.10 Å². The van der Waals surface area contributed by atoms with Gasteiger partial charge in [0.25, 0.3) is 5.92 Å². The molecule has 1 unspecified atom stereocenters. The van der Waals surface area contributed by atoms with E-state index in [-0.39, 0.29) is 50.0 Å². The summed E-state index contributed by atoms with van der Waals surface area (Å²) in [6.45, 7) is 8.94. The maximum Gasteiger partial charge on any atom is 0.410 e. The molecule has 1 aromatic rings. The molecule has 47 heavy (non-hydrogen) atoms. The second-order valence-corrected chi connectivity index (χ2v) is 13.7. The first-order valence-electron chi connectivity index (χ1n) is 16.8. The Kier molecular flexibility index (Phi) is 12.7. The fourth-order valence-electron chi connectivity index (χ4n) is 6.49. The van der Waals surface area contributed by atoms with Gasteiger partial charge in [-0.3, -0.25) is 14.7 Å². The van der Waals surface area contributed by atoms with Crippen LogP contribution in [0.4, 0.5) is 13.6 Å². The highest BCUT2D eigenvalue weighted by Crippen LogP contribution is 2.31. The number of aliphatic hydroxyl groups excluding tert-OH is 1. The second kappa shape index (κ2) is 16.3. The lowest BCUT2D eigenvalue weighted by Gasteiger charge is -2.42. The Morgan fingerprint density at radius 3 is 2.51 bits per heavy atom. The number of amides is 1. The van der Waals surface area contributed by atoms with Gasteiger partial charge in [-0.15, -0.1) is 0 Å². The number of hydrogen-bond acceptors (Lipinski definition) is 8. The van der Waals surface area contributed by atoms with Crippen LogP contribution in [0, 0.1) is 5.92 Å². The smallest absolute Gasteiger partial charge is 0.410 e.